The third kappa shape index (κ3) is 4.47. The maximum Gasteiger partial charge on any atom is 0.278 e. The van der Waals surface area contributed by atoms with Crippen LogP contribution in [-0.4, -0.2) is 47.5 Å². The maximum absolute atomic E-state index is 13.0. The van der Waals surface area contributed by atoms with Crippen LogP contribution in [0.5, 0.6) is 0 Å². The van der Waals surface area contributed by atoms with Gasteiger partial charge in [-0.3, -0.25) is 9.28 Å². The summed E-state index contributed by atoms with van der Waals surface area (Å²) < 4.78 is 0.462. The van der Waals surface area contributed by atoms with Gasteiger partial charge in [0.05, 0.1) is 7.05 Å². The van der Waals surface area contributed by atoms with Crippen molar-refractivity contribution in [3.05, 3.63) is 53.5 Å². The molecule has 1 aliphatic heterocycles. The van der Waals surface area contributed by atoms with Crippen molar-refractivity contribution in [3.63, 3.8) is 0 Å². The molecule has 1 amide bonds. The molecule has 26 heavy (non-hydrogen) atoms. The van der Waals surface area contributed by atoms with Crippen molar-refractivity contribution < 1.29 is 4.79 Å². The fourth-order valence-electron chi connectivity index (χ4n) is 3.72. The maximum atomic E-state index is 13.0. The van der Waals surface area contributed by atoms with Gasteiger partial charge < -0.3 is 4.90 Å². The Labute approximate surface area is 156 Å². The highest BCUT2D eigenvalue weighted by molar-refractivity contribution is 5.80. The van der Waals surface area contributed by atoms with Gasteiger partial charge in [-0.2, -0.15) is 4.98 Å². The van der Waals surface area contributed by atoms with E-state index in [0.717, 1.165) is 49.8 Å². The Hall–Kier alpha value is -2.27. The monoisotopic (exact) mass is 353 g/mol. The van der Waals surface area contributed by atoms with Crippen molar-refractivity contribution in [1.29, 1.82) is 0 Å². The van der Waals surface area contributed by atoms with E-state index in [1.807, 2.05) is 43.0 Å². The lowest BCUT2D eigenvalue weighted by atomic mass is 10.1. The standard InChI is InChI=1S/C21H29N4O/c1-17-14-20(23-18(2)22-17)25(3,15-19-10-6-4-7-11-19)16-21(26)24-12-8-5-9-13-24/h4,6-7,10-11,14H,5,8-9,12-13,15-16H2,1-3H3/q+1/t25-/m1/s1. The predicted octanol–water partition coefficient (Wildman–Crippen LogP) is 3.24. The molecule has 1 aromatic heterocycles. The van der Waals surface area contributed by atoms with Crippen LogP contribution in [0.3, 0.4) is 0 Å². The lowest BCUT2D eigenvalue weighted by molar-refractivity contribution is -0.132. The molecule has 3 rings (SSSR count). The molecule has 138 valence electrons. The smallest absolute Gasteiger partial charge is 0.278 e. The topological polar surface area (TPSA) is 46.1 Å². The van der Waals surface area contributed by atoms with E-state index < -0.39 is 0 Å². The van der Waals surface area contributed by atoms with Gasteiger partial charge in [0.2, 0.25) is 5.82 Å². The van der Waals surface area contributed by atoms with Gasteiger partial charge in [0.1, 0.15) is 12.4 Å². The molecule has 0 unspecified atom stereocenters. The molecule has 5 nitrogen and oxygen atoms in total. The normalized spacial score (nSPS) is 17.0. The molecular formula is C21H29N4O+. The predicted molar refractivity (Wildman–Crippen MR) is 105 cm³/mol. The summed E-state index contributed by atoms with van der Waals surface area (Å²) >= 11 is 0. The minimum absolute atomic E-state index is 0.219. The number of quaternary nitrogens is 1. The van der Waals surface area contributed by atoms with Crippen molar-refractivity contribution >= 4 is 11.7 Å². The Bertz CT molecular complexity index is 736. The van der Waals surface area contributed by atoms with Gasteiger partial charge in [0.15, 0.2) is 6.54 Å². The number of piperidine rings is 1. The number of likely N-dealkylation sites (N-methyl/N-ethyl adjacent to an activating group) is 1. The van der Waals surface area contributed by atoms with Crippen LogP contribution in [0.15, 0.2) is 36.4 Å². The summed E-state index contributed by atoms with van der Waals surface area (Å²) in [5.74, 6) is 1.88. The van der Waals surface area contributed by atoms with E-state index in [4.69, 9.17) is 4.98 Å². The average Bonchev–Trinajstić information content (AvgIpc) is 2.62. The van der Waals surface area contributed by atoms with Gasteiger partial charge in [-0.05, 0) is 33.1 Å². The van der Waals surface area contributed by atoms with Crippen LogP contribution in [0.1, 0.15) is 36.3 Å². The Morgan fingerprint density at radius 2 is 1.77 bits per heavy atom. The molecule has 1 saturated heterocycles. The van der Waals surface area contributed by atoms with Crippen LogP contribution in [0.2, 0.25) is 0 Å². The lowest BCUT2D eigenvalue weighted by Crippen LogP contribution is -2.53. The zero-order chi connectivity index (χ0) is 18.6. The number of amides is 1. The Morgan fingerprint density at radius 1 is 1.08 bits per heavy atom. The number of carbonyl (C=O) groups excluding carboxylic acids is 1. The number of nitrogens with zero attached hydrogens (tertiary/aromatic N) is 4. The first-order valence-electron chi connectivity index (χ1n) is 9.45. The van der Waals surface area contributed by atoms with E-state index in [0.29, 0.717) is 11.0 Å². The second-order valence-corrected chi connectivity index (χ2v) is 7.55. The van der Waals surface area contributed by atoms with Gasteiger partial charge in [-0.25, -0.2) is 4.98 Å². The third-order valence-corrected chi connectivity index (χ3v) is 5.07. The molecule has 2 heterocycles. The van der Waals surface area contributed by atoms with Crippen molar-refractivity contribution in [2.45, 2.75) is 39.7 Å². The van der Waals surface area contributed by atoms with E-state index in [9.17, 15) is 4.79 Å². The molecule has 5 heteroatoms. The Morgan fingerprint density at radius 3 is 2.42 bits per heavy atom. The molecule has 1 aliphatic rings. The fraction of sp³-hybridized carbons (Fsp3) is 0.476. The van der Waals surface area contributed by atoms with Crippen LogP contribution >= 0.6 is 0 Å². The number of carbonyl (C=O) groups is 1. The van der Waals surface area contributed by atoms with E-state index in [1.165, 1.54) is 12.0 Å². The molecule has 1 aromatic carbocycles. The second kappa shape index (κ2) is 7.96. The van der Waals surface area contributed by atoms with Crippen molar-refractivity contribution in [1.82, 2.24) is 19.4 Å². The highest BCUT2D eigenvalue weighted by Crippen LogP contribution is 2.24. The zero-order valence-corrected chi connectivity index (χ0v) is 16.1. The van der Waals surface area contributed by atoms with Gasteiger partial charge in [0, 0.05) is 30.4 Å². The highest BCUT2D eigenvalue weighted by atomic mass is 16.2. The van der Waals surface area contributed by atoms with E-state index >= 15 is 0 Å². The summed E-state index contributed by atoms with van der Waals surface area (Å²) in [6, 6.07) is 12.3. The number of benzene rings is 1. The molecule has 1 fully saturated rings. The van der Waals surface area contributed by atoms with Crippen molar-refractivity contribution in [3.8, 4) is 0 Å². The quantitative estimate of drug-likeness (QED) is 0.775. The fourth-order valence-corrected chi connectivity index (χ4v) is 3.72. The summed E-state index contributed by atoms with van der Waals surface area (Å²) in [5.41, 5.74) is 2.14. The number of hydrogen-bond acceptors (Lipinski definition) is 3. The molecule has 0 N–H and O–H groups in total. The van der Waals surface area contributed by atoms with E-state index in [1.54, 1.807) is 0 Å². The minimum Gasteiger partial charge on any atom is -0.338 e. The van der Waals surface area contributed by atoms with Crippen LogP contribution in [0.4, 0.5) is 5.82 Å². The van der Waals surface area contributed by atoms with Crippen LogP contribution < -0.4 is 4.48 Å². The van der Waals surface area contributed by atoms with Crippen LogP contribution in [0, 0.1) is 13.8 Å². The van der Waals surface area contributed by atoms with E-state index in [2.05, 4.69) is 24.2 Å². The van der Waals surface area contributed by atoms with E-state index in [-0.39, 0.29) is 5.91 Å². The Kier molecular flexibility index (Phi) is 5.67. The Balaban J connectivity index is 1.91. The first kappa shape index (κ1) is 18.5. The molecule has 1 atom stereocenters. The van der Waals surface area contributed by atoms with Gasteiger partial charge in [0.25, 0.3) is 5.91 Å². The highest BCUT2D eigenvalue weighted by Gasteiger charge is 2.33. The van der Waals surface area contributed by atoms with Gasteiger partial charge >= 0.3 is 0 Å². The second-order valence-electron chi connectivity index (χ2n) is 7.55. The number of hydrogen-bond donors (Lipinski definition) is 0. The van der Waals surface area contributed by atoms with Crippen LogP contribution in [0.25, 0.3) is 0 Å². The van der Waals surface area contributed by atoms with Crippen LogP contribution in [-0.2, 0) is 11.3 Å². The largest absolute Gasteiger partial charge is 0.338 e. The molecular weight excluding hydrogens is 324 g/mol. The molecule has 0 spiro atoms. The summed E-state index contributed by atoms with van der Waals surface area (Å²) in [6.07, 6.45) is 3.45. The third-order valence-electron chi connectivity index (χ3n) is 5.07. The summed E-state index contributed by atoms with van der Waals surface area (Å²) in [6.45, 7) is 6.81. The molecule has 0 radical (unpaired) electrons. The molecule has 2 aromatic rings. The molecule has 0 saturated carbocycles. The zero-order valence-electron chi connectivity index (χ0n) is 16.1. The first-order valence-corrected chi connectivity index (χ1v) is 9.45. The first-order chi connectivity index (χ1) is 12.5. The average molecular weight is 353 g/mol. The number of aryl methyl sites for hydroxylation is 2. The van der Waals surface area contributed by atoms with Gasteiger partial charge in [-0.15, -0.1) is 0 Å². The number of aromatic nitrogens is 2. The summed E-state index contributed by atoms with van der Waals surface area (Å²) in [5, 5.41) is 0. The van der Waals surface area contributed by atoms with Crippen molar-refractivity contribution in [2.24, 2.45) is 0 Å². The lowest BCUT2D eigenvalue weighted by Gasteiger charge is -2.35. The minimum atomic E-state index is 0.219. The summed E-state index contributed by atoms with van der Waals surface area (Å²) in [7, 11) is 2.11. The molecule has 0 aliphatic carbocycles. The SMILES string of the molecule is Cc1cc([N@@+](C)(CC(=O)N2CCCCC2)Cc2ccccc2)nc(C)n1. The number of rotatable bonds is 5. The van der Waals surface area contributed by atoms with Gasteiger partial charge in [-0.1, -0.05) is 30.3 Å². The number of likely N-dealkylation sites (tertiary alicyclic amines) is 1. The van der Waals surface area contributed by atoms with Crippen molar-refractivity contribution in [2.75, 3.05) is 26.7 Å². The summed E-state index contributed by atoms with van der Waals surface area (Å²) in [4.78, 5) is 24.1. The molecule has 0 bridgehead atoms.